The third-order valence-electron chi connectivity index (χ3n) is 7.01. The maximum Gasteiger partial charge on any atom is 0.139 e. The van der Waals surface area contributed by atoms with Gasteiger partial charge in [0, 0.05) is 34.8 Å². The molecule has 0 spiro atoms. The molecule has 0 unspecified atom stereocenters. The number of halogens is 1. The number of likely N-dealkylation sites (tertiary alicyclic amines) is 1. The molecule has 0 radical (unpaired) electrons. The zero-order valence-corrected chi connectivity index (χ0v) is 18.5. The lowest BCUT2D eigenvalue weighted by atomic mass is 9.92. The minimum atomic E-state index is -0.213. The molecule has 1 saturated heterocycles. The number of imidazole rings is 1. The molecule has 2 aromatic carbocycles. The van der Waals surface area contributed by atoms with Crippen LogP contribution in [0, 0.1) is 18.7 Å². The molecule has 0 saturated carbocycles. The molecule has 1 N–H and O–H groups in total. The van der Waals surface area contributed by atoms with Crippen LogP contribution in [-0.4, -0.2) is 39.6 Å². The van der Waals surface area contributed by atoms with Crippen molar-refractivity contribution in [2.45, 2.75) is 45.6 Å². The highest BCUT2D eigenvalue weighted by Gasteiger charge is 2.16. The summed E-state index contributed by atoms with van der Waals surface area (Å²) in [6, 6.07) is 11.8. The summed E-state index contributed by atoms with van der Waals surface area (Å²) in [6.45, 7) is 5.34. The first-order valence-corrected chi connectivity index (χ1v) is 11.5. The number of benzene rings is 2. The highest BCUT2D eigenvalue weighted by atomic mass is 19.1. The Labute approximate surface area is 183 Å². The van der Waals surface area contributed by atoms with Gasteiger partial charge in [-0.2, -0.15) is 0 Å². The smallest absolute Gasteiger partial charge is 0.139 e. The summed E-state index contributed by atoms with van der Waals surface area (Å²) in [5.74, 6) is 1.50. The van der Waals surface area contributed by atoms with Crippen molar-refractivity contribution in [1.82, 2.24) is 19.4 Å². The maximum atomic E-state index is 13.9. The Bertz CT molecular complexity index is 1200. The summed E-state index contributed by atoms with van der Waals surface area (Å²) in [5.41, 5.74) is 4.48. The second kappa shape index (κ2) is 8.46. The van der Waals surface area contributed by atoms with E-state index in [9.17, 15) is 4.39 Å². The predicted molar refractivity (Wildman–Crippen MR) is 126 cm³/mol. The molecule has 5 heteroatoms. The van der Waals surface area contributed by atoms with Crippen LogP contribution in [-0.2, 0) is 6.54 Å². The van der Waals surface area contributed by atoms with E-state index in [-0.39, 0.29) is 5.82 Å². The molecule has 2 aromatic heterocycles. The van der Waals surface area contributed by atoms with Gasteiger partial charge in [0.2, 0.25) is 0 Å². The molecule has 0 aliphatic carbocycles. The molecule has 162 valence electrons. The Morgan fingerprint density at radius 2 is 1.94 bits per heavy atom. The molecule has 4 nitrogen and oxygen atoms in total. The minimum Gasteiger partial charge on any atom is -0.347 e. The average molecular weight is 419 g/mol. The molecule has 0 atom stereocenters. The van der Waals surface area contributed by atoms with Crippen molar-refractivity contribution in [2.75, 3.05) is 20.1 Å². The fourth-order valence-electron chi connectivity index (χ4n) is 5.01. The second-order valence-electron chi connectivity index (χ2n) is 9.14. The number of aromatic nitrogens is 3. The molecule has 4 aromatic rings. The second-order valence-corrected chi connectivity index (χ2v) is 9.14. The molecule has 1 aliphatic rings. The van der Waals surface area contributed by atoms with Crippen molar-refractivity contribution >= 4 is 21.9 Å². The van der Waals surface area contributed by atoms with Gasteiger partial charge in [-0.1, -0.05) is 25.0 Å². The number of nitrogens with one attached hydrogen (secondary N) is 1. The molecular formula is C26H31FN4. The van der Waals surface area contributed by atoms with Crippen LogP contribution in [0.3, 0.4) is 0 Å². The molecule has 1 aliphatic heterocycles. The van der Waals surface area contributed by atoms with Gasteiger partial charge in [0.1, 0.15) is 11.6 Å². The van der Waals surface area contributed by atoms with Crippen molar-refractivity contribution in [3.05, 3.63) is 54.0 Å². The summed E-state index contributed by atoms with van der Waals surface area (Å²) in [7, 11) is 2.23. The van der Waals surface area contributed by atoms with Crippen molar-refractivity contribution in [3.63, 3.8) is 0 Å². The van der Waals surface area contributed by atoms with Crippen LogP contribution >= 0.6 is 0 Å². The summed E-state index contributed by atoms with van der Waals surface area (Å²) in [6.07, 6.45) is 8.76. The van der Waals surface area contributed by atoms with E-state index in [0.717, 1.165) is 29.4 Å². The largest absolute Gasteiger partial charge is 0.347 e. The van der Waals surface area contributed by atoms with E-state index in [1.165, 1.54) is 62.2 Å². The van der Waals surface area contributed by atoms with E-state index < -0.39 is 0 Å². The molecule has 5 rings (SSSR count). The standard InChI is InChI=1S/C26H31FN4/c1-18-22(27)9-10-23-25(18)29-26(28-23)21-7-5-8-24-20(21)13-17-31(24)14-4-3-6-19-11-15-30(2)16-12-19/h5,7-10,13,17,19H,3-4,6,11-12,14-16H2,1-2H3,(H,28,29). The van der Waals surface area contributed by atoms with Gasteiger partial charge in [0.25, 0.3) is 0 Å². The van der Waals surface area contributed by atoms with E-state index in [2.05, 4.69) is 52.0 Å². The van der Waals surface area contributed by atoms with Crippen LogP contribution in [0.2, 0.25) is 0 Å². The average Bonchev–Trinajstić information content (AvgIpc) is 3.40. The van der Waals surface area contributed by atoms with E-state index >= 15 is 0 Å². The molecule has 0 bridgehead atoms. The summed E-state index contributed by atoms with van der Waals surface area (Å²) in [4.78, 5) is 10.6. The Morgan fingerprint density at radius 3 is 2.77 bits per heavy atom. The highest BCUT2D eigenvalue weighted by Crippen LogP contribution is 2.31. The molecule has 31 heavy (non-hydrogen) atoms. The first kappa shape index (κ1) is 20.3. The van der Waals surface area contributed by atoms with Crippen molar-refractivity contribution in [1.29, 1.82) is 0 Å². The first-order valence-electron chi connectivity index (χ1n) is 11.5. The molecular weight excluding hydrogens is 387 g/mol. The molecule has 1 fully saturated rings. The Balaban J connectivity index is 1.32. The summed E-state index contributed by atoms with van der Waals surface area (Å²) in [5, 5.41) is 1.19. The maximum absolute atomic E-state index is 13.9. The van der Waals surface area contributed by atoms with Gasteiger partial charge in [0.15, 0.2) is 0 Å². The fraction of sp³-hybridized carbons (Fsp3) is 0.423. The van der Waals surface area contributed by atoms with Gasteiger partial charge in [-0.05, 0) is 76.5 Å². The quantitative estimate of drug-likeness (QED) is 0.382. The number of hydrogen-bond donors (Lipinski definition) is 1. The van der Waals surface area contributed by atoms with E-state index in [0.29, 0.717) is 11.1 Å². The molecule has 3 heterocycles. The first-order chi connectivity index (χ1) is 15.1. The third-order valence-corrected chi connectivity index (χ3v) is 7.01. The number of rotatable bonds is 6. The van der Waals surface area contributed by atoms with Gasteiger partial charge < -0.3 is 14.5 Å². The number of H-pyrrole nitrogens is 1. The van der Waals surface area contributed by atoms with Crippen LogP contribution in [0.5, 0.6) is 0 Å². The van der Waals surface area contributed by atoms with E-state index in [4.69, 9.17) is 4.98 Å². The molecule has 0 amide bonds. The number of nitrogens with zero attached hydrogens (tertiary/aromatic N) is 3. The topological polar surface area (TPSA) is 36.9 Å². The van der Waals surface area contributed by atoms with Gasteiger partial charge in [-0.15, -0.1) is 0 Å². The lowest BCUT2D eigenvalue weighted by Gasteiger charge is -2.28. The van der Waals surface area contributed by atoms with Gasteiger partial charge in [-0.25, -0.2) is 9.37 Å². The summed E-state index contributed by atoms with van der Waals surface area (Å²) >= 11 is 0. The third kappa shape index (κ3) is 3.99. The van der Waals surface area contributed by atoms with Gasteiger partial charge in [-0.3, -0.25) is 0 Å². The lowest BCUT2D eigenvalue weighted by Crippen LogP contribution is -2.30. The normalized spacial score (nSPS) is 16.0. The minimum absolute atomic E-state index is 0.213. The zero-order valence-electron chi connectivity index (χ0n) is 18.5. The van der Waals surface area contributed by atoms with Crippen LogP contribution in [0.1, 0.15) is 37.7 Å². The van der Waals surface area contributed by atoms with Crippen molar-refractivity contribution < 1.29 is 4.39 Å². The number of piperidine rings is 1. The van der Waals surface area contributed by atoms with Gasteiger partial charge in [0.05, 0.1) is 11.0 Å². The number of hydrogen-bond acceptors (Lipinski definition) is 2. The number of unbranched alkanes of at least 4 members (excludes halogenated alkanes) is 1. The van der Waals surface area contributed by atoms with Crippen LogP contribution in [0.15, 0.2) is 42.6 Å². The van der Waals surface area contributed by atoms with Crippen LogP contribution < -0.4 is 0 Å². The Hall–Kier alpha value is -2.66. The van der Waals surface area contributed by atoms with Crippen molar-refractivity contribution in [2.24, 2.45) is 5.92 Å². The zero-order chi connectivity index (χ0) is 21.4. The van der Waals surface area contributed by atoms with E-state index in [1.54, 1.807) is 13.0 Å². The highest BCUT2D eigenvalue weighted by molar-refractivity contribution is 5.95. The number of fused-ring (bicyclic) bond motifs is 2. The monoisotopic (exact) mass is 418 g/mol. The lowest BCUT2D eigenvalue weighted by molar-refractivity contribution is 0.209. The van der Waals surface area contributed by atoms with Crippen LogP contribution in [0.4, 0.5) is 4.39 Å². The van der Waals surface area contributed by atoms with Crippen LogP contribution in [0.25, 0.3) is 33.3 Å². The summed E-state index contributed by atoms with van der Waals surface area (Å²) < 4.78 is 16.3. The van der Waals surface area contributed by atoms with Gasteiger partial charge >= 0.3 is 0 Å². The SMILES string of the molecule is Cc1c(F)ccc2[nH]c(-c3cccc4c3ccn4CCCCC3CCN(C)CC3)nc12. The number of aromatic amines is 1. The van der Waals surface area contributed by atoms with Crippen molar-refractivity contribution in [3.8, 4) is 11.4 Å². The van der Waals surface area contributed by atoms with E-state index in [1.807, 2.05) is 0 Å². The fourth-order valence-corrected chi connectivity index (χ4v) is 5.01. The Morgan fingerprint density at radius 1 is 1.10 bits per heavy atom. The Kier molecular flexibility index (Phi) is 5.53. The predicted octanol–water partition coefficient (Wildman–Crippen LogP) is 6.14. The number of aryl methyl sites for hydroxylation is 2.